The summed E-state index contributed by atoms with van der Waals surface area (Å²) in [5.74, 6) is 1.14. The maximum absolute atomic E-state index is 12.4. The molecule has 27 heavy (non-hydrogen) atoms. The summed E-state index contributed by atoms with van der Waals surface area (Å²) in [5, 5.41) is 0.446. The fourth-order valence-corrected chi connectivity index (χ4v) is 3.32. The van der Waals surface area contributed by atoms with Crippen LogP contribution in [0.4, 0.5) is 0 Å². The van der Waals surface area contributed by atoms with Crippen molar-refractivity contribution >= 4 is 29.5 Å². The number of rotatable bonds is 3. The van der Waals surface area contributed by atoms with Crippen molar-refractivity contribution in [3.05, 3.63) is 53.0 Å². The first-order valence-electron chi connectivity index (χ1n) is 8.51. The first-order chi connectivity index (χ1) is 13.1. The molecule has 0 radical (unpaired) electrons. The molecule has 2 amide bonds. The van der Waals surface area contributed by atoms with Crippen molar-refractivity contribution < 1.29 is 23.5 Å². The van der Waals surface area contributed by atoms with Gasteiger partial charge >= 0.3 is 0 Å². The number of carbonyl (C=O) groups is 2. The Morgan fingerprint density at radius 1 is 1.07 bits per heavy atom. The number of nitrogens with zero attached hydrogens (tertiary/aromatic N) is 2. The predicted octanol–water partition coefficient (Wildman–Crippen LogP) is 2.66. The Morgan fingerprint density at radius 2 is 1.85 bits per heavy atom. The van der Waals surface area contributed by atoms with Gasteiger partial charge in [0.05, 0.1) is 11.3 Å². The number of hydrogen-bond donors (Lipinski definition) is 0. The average molecular weight is 389 g/mol. The van der Waals surface area contributed by atoms with Gasteiger partial charge in [-0.1, -0.05) is 11.6 Å². The van der Waals surface area contributed by atoms with E-state index in [1.54, 1.807) is 40.1 Å². The Kier molecular flexibility index (Phi) is 4.77. The maximum Gasteiger partial charge on any atom is 0.289 e. The molecule has 1 saturated heterocycles. The summed E-state index contributed by atoms with van der Waals surface area (Å²) in [6.07, 6.45) is 4.66. The normalized spacial score (nSPS) is 16.2. The van der Waals surface area contributed by atoms with Crippen LogP contribution in [0.5, 0.6) is 11.5 Å². The summed E-state index contributed by atoms with van der Waals surface area (Å²) < 4.78 is 15.7. The van der Waals surface area contributed by atoms with E-state index in [0.717, 1.165) is 5.56 Å². The molecule has 0 N–H and O–H groups in total. The van der Waals surface area contributed by atoms with Crippen LogP contribution in [-0.2, 0) is 4.79 Å². The van der Waals surface area contributed by atoms with Crippen molar-refractivity contribution in [2.45, 2.75) is 0 Å². The summed E-state index contributed by atoms with van der Waals surface area (Å²) in [4.78, 5) is 28.1. The highest BCUT2D eigenvalue weighted by atomic mass is 35.5. The van der Waals surface area contributed by atoms with Crippen molar-refractivity contribution in [3.63, 3.8) is 0 Å². The Bertz CT molecular complexity index is 886. The van der Waals surface area contributed by atoms with Crippen molar-refractivity contribution in [1.29, 1.82) is 0 Å². The minimum absolute atomic E-state index is 0.117. The van der Waals surface area contributed by atoms with Crippen molar-refractivity contribution in [3.8, 4) is 11.5 Å². The van der Waals surface area contributed by atoms with E-state index in [1.807, 2.05) is 0 Å². The van der Waals surface area contributed by atoms with Crippen molar-refractivity contribution in [1.82, 2.24) is 9.80 Å². The standard InChI is InChI=1S/C19H17ClN2O5/c20-14-10-13(11-16-18(14)27-12-26-16)3-4-17(23)21-5-7-22(8-6-21)19(24)15-2-1-9-25-15/h1-4,9-11H,5-8,12H2/b4-3+. The van der Waals surface area contributed by atoms with Gasteiger partial charge in [0.15, 0.2) is 17.3 Å². The van der Waals surface area contributed by atoms with Crippen molar-refractivity contribution in [2.24, 2.45) is 0 Å². The number of carbonyl (C=O) groups excluding carboxylic acids is 2. The molecular weight excluding hydrogens is 372 g/mol. The highest BCUT2D eigenvalue weighted by molar-refractivity contribution is 6.32. The zero-order chi connectivity index (χ0) is 18.8. The molecule has 0 aliphatic carbocycles. The van der Waals surface area contributed by atoms with Crippen LogP contribution >= 0.6 is 11.6 Å². The van der Waals surface area contributed by atoms with E-state index in [-0.39, 0.29) is 18.6 Å². The summed E-state index contributed by atoms with van der Waals surface area (Å²) in [6.45, 7) is 2.01. The van der Waals surface area contributed by atoms with Crippen LogP contribution in [0.2, 0.25) is 5.02 Å². The van der Waals surface area contributed by atoms with Crippen LogP contribution in [0.15, 0.2) is 41.0 Å². The molecule has 0 spiro atoms. The Morgan fingerprint density at radius 3 is 2.59 bits per heavy atom. The van der Waals surface area contributed by atoms with Gasteiger partial charge in [-0.05, 0) is 35.9 Å². The lowest BCUT2D eigenvalue weighted by molar-refractivity contribution is -0.127. The lowest BCUT2D eigenvalue weighted by Crippen LogP contribution is -2.50. The number of benzene rings is 1. The second kappa shape index (κ2) is 7.36. The quantitative estimate of drug-likeness (QED) is 0.756. The number of fused-ring (bicyclic) bond motifs is 1. The van der Waals surface area contributed by atoms with Gasteiger partial charge in [-0.2, -0.15) is 0 Å². The van der Waals surface area contributed by atoms with Gasteiger partial charge in [0, 0.05) is 32.3 Å². The zero-order valence-electron chi connectivity index (χ0n) is 14.4. The van der Waals surface area contributed by atoms with Gasteiger partial charge in [0.1, 0.15) is 0 Å². The highest BCUT2D eigenvalue weighted by Gasteiger charge is 2.25. The van der Waals surface area contributed by atoms with E-state index in [2.05, 4.69) is 0 Å². The number of halogens is 1. The second-order valence-corrected chi connectivity index (χ2v) is 6.57. The van der Waals surface area contributed by atoms with E-state index < -0.39 is 0 Å². The second-order valence-electron chi connectivity index (χ2n) is 6.16. The molecule has 3 heterocycles. The average Bonchev–Trinajstić information content (AvgIpc) is 3.37. The van der Waals surface area contributed by atoms with Gasteiger partial charge in [0.25, 0.3) is 5.91 Å². The molecule has 4 rings (SSSR count). The summed E-state index contributed by atoms with van der Waals surface area (Å²) in [7, 11) is 0. The van der Waals surface area contributed by atoms with E-state index >= 15 is 0 Å². The fourth-order valence-electron chi connectivity index (χ4n) is 3.04. The van der Waals surface area contributed by atoms with E-state index in [4.69, 9.17) is 25.5 Å². The van der Waals surface area contributed by atoms with E-state index in [9.17, 15) is 9.59 Å². The summed E-state index contributed by atoms with van der Waals surface area (Å²) >= 11 is 6.15. The third-order valence-electron chi connectivity index (χ3n) is 4.48. The molecule has 7 nitrogen and oxygen atoms in total. The first kappa shape index (κ1) is 17.5. The Labute approximate surface area is 160 Å². The van der Waals surface area contributed by atoms with Crippen molar-refractivity contribution in [2.75, 3.05) is 33.0 Å². The molecule has 1 aromatic heterocycles. The highest BCUT2D eigenvalue weighted by Crippen LogP contribution is 2.40. The molecule has 2 aliphatic heterocycles. The minimum Gasteiger partial charge on any atom is -0.459 e. The van der Waals surface area contributed by atoms with Crippen LogP contribution in [0, 0.1) is 0 Å². The largest absolute Gasteiger partial charge is 0.459 e. The molecule has 0 atom stereocenters. The van der Waals surface area contributed by atoms with Gasteiger partial charge in [-0.25, -0.2) is 0 Å². The third kappa shape index (κ3) is 3.64. The lowest BCUT2D eigenvalue weighted by Gasteiger charge is -2.33. The molecular formula is C19H17ClN2O5. The summed E-state index contributed by atoms with van der Waals surface area (Å²) in [5.41, 5.74) is 0.754. The minimum atomic E-state index is -0.155. The number of furan rings is 1. The predicted molar refractivity (Wildman–Crippen MR) is 97.8 cm³/mol. The van der Waals surface area contributed by atoms with Gasteiger partial charge in [0.2, 0.25) is 12.7 Å². The van der Waals surface area contributed by atoms with Crippen LogP contribution in [0.1, 0.15) is 16.1 Å². The first-order valence-corrected chi connectivity index (χ1v) is 8.88. The Hall–Kier alpha value is -2.93. The van der Waals surface area contributed by atoms with Crippen LogP contribution in [0.25, 0.3) is 6.08 Å². The van der Waals surface area contributed by atoms with Crippen LogP contribution in [0.3, 0.4) is 0 Å². The maximum atomic E-state index is 12.4. The third-order valence-corrected chi connectivity index (χ3v) is 4.76. The molecule has 140 valence electrons. The smallest absolute Gasteiger partial charge is 0.289 e. The monoisotopic (exact) mass is 388 g/mol. The molecule has 0 saturated carbocycles. The molecule has 0 bridgehead atoms. The molecule has 2 aromatic rings. The van der Waals surface area contributed by atoms with Crippen LogP contribution in [-0.4, -0.2) is 54.6 Å². The zero-order valence-corrected chi connectivity index (χ0v) is 15.1. The van der Waals surface area contributed by atoms with Gasteiger partial charge < -0.3 is 23.7 Å². The SMILES string of the molecule is O=C(/C=C/c1cc(Cl)c2c(c1)OCO2)N1CCN(C(=O)c2ccco2)CC1. The molecule has 2 aliphatic rings. The van der Waals surface area contributed by atoms with Gasteiger partial charge in [-0.3, -0.25) is 9.59 Å². The number of hydrogen-bond acceptors (Lipinski definition) is 5. The molecule has 1 fully saturated rings. The topological polar surface area (TPSA) is 72.2 Å². The lowest BCUT2D eigenvalue weighted by atomic mass is 10.2. The number of ether oxygens (including phenoxy) is 2. The number of piperazine rings is 1. The number of amides is 2. The Balaban J connectivity index is 1.35. The molecule has 1 aromatic carbocycles. The van der Waals surface area contributed by atoms with Crippen LogP contribution < -0.4 is 9.47 Å². The van der Waals surface area contributed by atoms with E-state index in [0.29, 0.717) is 48.5 Å². The van der Waals surface area contributed by atoms with Gasteiger partial charge in [-0.15, -0.1) is 0 Å². The fraction of sp³-hybridized carbons (Fsp3) is 0.263. The van der Waals surface area contributed by atoms with E-state index in [1.165, 1.54) is 12.3 Å². The molecule has 0 unspecified atom stereocenters. The molecule has 8 heteroatoms. The summed E-state index contributed by atoms with van der Waals surface area (Å²) in [6, 6.07) is 6.82.